The number of carbonyl (C=O) groups is 2. The third kappa shape index (κ3) is 1.65. The normalized spacial score (nSPS) is 27.2. The third-order valence-electron chi connectivity index (χ3n) is 2.68. The highest BCUT2D eigenvalue weighted by atomic mass is 16.2. The Balaban J connectivity index is 2.77. The summed E-state index contributed by atoms with van der Waals surface area (Å²) in [6.45, 7) is 2.33. The highest BCUT2D eigenvalue weighted by Gasteiger charge is 2.43. The molecule has 3 N–H and O–H groups in total. The Hall–Kier alpha value is -1.30. The maximum absolute atomic E-state index is 11.6. The number of hydrogen-bond donors (Lipinski definition) is 2. The van der Waals surface area contributed by atoms with Crippen LogP contribution in [0.5, 0.6) is 0 Å². The van der Waals surface area contributed by atoms with Crippen LogP contribution in [0.2, 0.25) is 0 Å². The van der Waals surface area contributed by atoms with Gasteiger partial charge >= 0.3 is 6.03 Å². The van der Waals surface area contributed by atoms with Gasteiger partial charge in [-0.25, -0.2) is 4.79 Å². The second-order valence-corrected chi connectivity index (χ2v) is 3.69. The van der Waals surface area contributed by atoms with E-state index in [2.05, 4.69) is 5.32 Å². The minimum absolute atomic E-state index is 0.0273. The summed E-state index contributed by atoms with van der Waals surface area (Å²) < 4.78 is 0. The average Bonchev–Trinajstić information content (AvgIpc) is 2.31. The predicted molar refractivity (Wildman–Crippen MR) is 51.4 cm³/mol. The van der Waals surface area contributed by atoms with Crippen molar-refractivity contribution in [3.63, 3.8) is 0 Å². The molecule has 3 amide bonds. The van der Waals surface area contributed by atoms with E-state index in [0.717, 1.165) is 0 Å². The lowest BCUT2D eigenvalue weighted by Crippen LogP contribution is -2.52. The Bertz CT molecular complexity index is 268. The molecule has 1 heterocycles. The smallest absolute Gasteiger partial charge is 0.321 e. The van der Waals surface area contributed by atoms with E-state index in [1.165, 1.54) is 4.90 Å². The molecule has 1 saturated heterocycles. The molecule has 1 rings (SSSR count). The van der Waals surface area contributed by atoms with Crippen molar-refractivity contribution in [2.75, 3.05) is 27.2 Å². The van der Waals surface area contributed by atoms with Gasteiger partial charge in [-0.2, -0.15) is 0 Å². The molecule has 0 spiro atoms. The van der Waals surface area contributed by atoms with Crippen LogP contribution in [0, 0.1) is 0 Å². The number of primary amides is 1. The molecule has 0 aromatic carbocycles. The molecule has 6 nitrogen and oxygen atoms in total. The van der Waals surface area contributed by atoms with Gasteiger partial charge < -0.3 is 15.5 Å². The van der Waals surface area contributed by atoms with Crippen LogP contribution in [0.4, 0.5) is 4.79 Å². The molecular formula is C8H16N4O2. The van der Waals surface area contributed by atoms with Gasteiger partial charge in [0.25, 0.3) is 0 Å². The largest absolute Gasteiger partial charge is 0.368 e. The van der Waals surface area contributed by atoms with E-state index in [1.807, 2.05) is 6.92 Å². The first-order valence-corrected chi connectivity index (χ1v) is 4.40. The number of urea groups is 1. The zero-order valence-electron chi connectivity index (χ0n) is 8.70. The highest BCUT2D eigenvalue weighted by Crippen LogP contribution is 2.20. The van der Waals surface area contributed by atoms with Gasteiger partial charge in [0.1, 0.15) is 12.2 Å². The van der Waals surface area contributed by atoms with E-state index in [-0.39, 0.29) is 12.6 Å². The van der Waals surface area contributed by atoms with Gasteiger partial charge in [0, 0.05) is 7.05 Å². The van der Waals surface area contributed by atoms with Crippen molar-refractivity contribution < 1.29 is 9.59 Å². The summed E-state index contributed by atoms with van der Waals surface area (Å²) >= 11 is 0. The minimum Gasteiger partial charge on any atom is -0.368 e. The lowest BCUT2D eigenvalue weighted by atomic mass is 10.2. The van der Waals surface area contributed by atoms with Crippen molar-refractivity contribution >= 4 is 11.9 Å². The van der Waals surface area contributed by atoms with Crippen molar-refractivity contribution in [1.29, 1.82) is 0 Å². The van der Waals surface area contributed by atoms with Gasteiger partial charge in [-0.1, -0.05) is 0 Å². The lowest BCUT2D eigenvalue weighted by Gasteiger charge is -2.29. The third-order valence-corrected chi connectivity index (χ3v) is 2.68. The van der Waals surface area contributed by atoms with Crippen LogP contribution in [-0.2, 0) is 4.79 Å². The fourth-order valence-corrected chi connectivity index (χ4v) is 1.53. The highest BCUT2D eigenvalue weighted by molar-refractivity contribution is 5.84. The van der Waals surface area contributed by atoms with Crippen molar-refractivity contribution in [3.05, 3.63) is 0 Å². The molecule has 0 saturated carbocycles. The van der Waals surface area contributed by atoms with Crippen molar-refractivity contribution in [2.24, 2.45) is 5.73 Å². The zero-order chi connectivity index (χ0) is 10.9. The summed E-state index contributed by atoms with van der Waals surface area (Å²) in [6.07, 6.45) is 0. The number of rotatable bonds is 3. The topological polar surface area (TPSA) is 78.7 Å². The van der Waals surface area contributed by atoms with Crippen LogP contribution in [0.3, 0.4) is 0 Å². The van der Waals surface area contributed by atoms with E-state index in [4.69, 9.17) is 5.73 Å². The predicted octanol–water partition coefficient (Wildman–Crippen LogP) is -1.23. The average molecular weight is 200 g/mol. The summed E-state index contributed by atoms with van der Waals surface area (Å²) in [6, 6.07) is -0.180. The van der Waals surface area contributed by atoms with Crippen molar-refractivity contribution in [1.82, 2.24) is 15.1 Å². The molecule has 1 atom stereocenters. The van der Waals surface area contributed by atoms with Gasteiger partial charge in [0.05, 0.1) is 6.54 Å². The minimum atomic E-state index is -0.493. The Morgan fingerprint density at radius 2 is 2.29 bits per heavy atom. The molecule has 0 radical (unpaired) electrons. The number of carbonyl (C=O) groups excluding carboxylic acids is 2. The van der Waals surface area contributed by atoms with Crippen LogP contribution in [-0.4, -0.2) is 54.6 Å². The monoisotopic (exact) mass is 200 g/mol. The van der Waals surface area contributed by atoms with Gasteiger partial charge in [0.15, 0.2) is 0 Å². The summed E-state index contributed by atoms with van der Waals surface area (Å²) in [4.78, 5) is 25.3. The van der Waals surface area contributed by atoms with Gasteiger partial charge in [-0.3, -0.25) is 10.1 Å². The van der Waals surface area contributed by atoms with Crippen molar-refractivity contribution in [3.8, 4) is 0 Å². The fraction of sp³-hybridized carbons (Fsp3) is 0.750. The summed E-state index contributed by atoms with van der Waals surface area (Å²) in [5.74, 6) is -0.493. The fourth-order valence-electron chi connectivity index (χ4n) is 1.53. The quantitative estimate of drug-likeness (QED) is 0.599. The molecule has 0 aromatic rings. The second kappa shape index (κ2) is 3.45. The van der Waals surface area contributed by atoms with E-state index in [9.17, 15) is 9.59 Å². The molecule has 1 unspecified atom stereocenters. The lowest BCUT2D eigenvalue weighted by molar-refractivity contribution is -0.118. The van der Waals surface area contributed by atoms with E-state index >= 15 is 0 Å². The zero-order valence-corrected chi connectivity index (χ0v) is 8.70. The number of likely N-dealkylation sites (N-methyl/N-ethyl adjacent to an activating group) is 2. The summed E-state index contributed by atoms with van der Waals surface area (Å²) in [5, 5.41) is 3.04. The van der Waals surface area contributed by atoms with Crippen LogP contribution < -0.4 is 11.1 Å². The van der Waals surface area contributed by atoms with Crippen molar-refractivity contribution in [2.45, 2.75) is 12.6 Å². The molecular weight excluding hydrogens is 184 g/mol. The van der Waals surface area contributed by atoms with Crippen LogP contribution in [0.1, 0.15) is 6.92 Å². The molecule has 1 aliphatic rings. The second-order valence-electron chi connectivity index (χ2n) is 3.69. The van der Waals surface area contributed by atoms with Gasteiger partial charge in [-0.05, 0) is 14.0 Å². The first kappa shape index (κ1) is 10.8. The Labute approximate surface area is 83.0 Å². The molecule has 0 aromatic heterocycles. The summed E-state index contributed by atoms with van der Waals surface area (Å²) in [7, 11) is 3.47. The maximum atomic E-state index is 11.6. The molecule has 14 heavy (non-hydrogen) atoms. The number of hydrogen-bond acceptors (Lipinski definition) is 3. The Morgan fingerprint density at radius 3 is 2.64 bits per heavy atom. The van der Waals surface area contributed by atoms with Gasteiger partial charge in [0.2, 0.25) is 5.91 Å². The molecule has 0 aliphatic carbocycles. The first-order chi connectivity index (χ1) is 6.40. The van der Waals surface area contributed by atoms with Crippen LogP contribution in [0.25, 0.3) is 0 Å². The van der Waals surface area contributed by atoms with E-state index < -0.39 is 11.6 Å². The Morgan fingerprint density at radius 1 is 1.71 bits per heavy atom. The molecule has 1 fully saturated rings. The molecule has 1 aliphatic heterocycles. The van der Waals surface area contributed by atoms with E-state index in [1.54, 1.807) is 19.0 Å². The SMILES string of the molecule is CNC1(C)CN(CC(N)=O)C(=O)N1C. The maximum Gasteiger partial charge on any atom is 0.321 e. The molecule has 80 valence electrons. The molecule has 0 bridgehead atoms. The number of amides is 3. The first-order valence-electron chi connectivity index (χ1n) is 4.40. The van der Waals surface area contributed by atoms with E-state index in [0.29, 0.717) is 6.54 Å². The Kier molecular flexibility index (Phi) is 2.66. The number of nitrogens with two attached hydrogens (primary N) is 1. The standard InChI is InChI=1S/C8H16N4O2/c1-8(10-2)5-12(4-6(9)13)7(14)11(8)3/h10H,4-5H2,1-3H3,(H2,9,13). The van der Waals surface area contributed by atoms with Crippen LogP contribution >= 0.6 is 0 Å². The van der Waals surface area contributed by atoms with Gasteiger partial charge in [-0.15, -0.1) is 0 Å². The summed E-state index contributed by atoms with van der Waals surface area (Å²) in [5.41, 5.74) is 4.61. The number of nitrogens with zero attached hydrogens (tertiary/aromatic N) is 2. The number of nitrogens with one attached hydrogen (secondary N) is 1. The van der Waals surface area contributed by atoms with Crippen LogP contribution in [0.15, 0.2) is 0 Å². The molecule has 6 heteroatoms.